The second-order valence-electron chi connectivity index (χ2n) is 5.47. The van der Waals surface area contributed by atoms with E-state index in [0.717, 1.165) is 22.3 Å². The van der Waals surface area contributed by atoms with Crippen LogP contribution < -0.4 is 0 Å². The Morgan fingerprint density at radius 2 is 1.43 bits per heavy atom. The van der Waals surface area contributed by atoms with Crippen molar-refractivity contribution in [2.45, 2.75) is 6.10 Å². The van der Waals surface area contributed by atoms with Crippen LogP contribution in [-0.4, -0.2) is 5.97 Å². The highest BCUT2D eigenvalue weighted by molar-refractivity contribution is 5.90. The van der Waals surface area contributed by atoms with Gasteiger partial charge in [-0.1, -0.05) is 54.6 Å². The molecule has 3 aromatic carbocycles. The molecule has 3 heteroatoms. The Balaban J connectivity index is 1.73. The Morgan fingerprint density at radius 3 is 2.04 bits per heavy atom. The molecule has 1 aliphatic carbocycles. The van der Waals surface area contributed by atoms with Crippen molar-refractivity contribution in [2.24, 2.45) is 0 Å². The van der Waals surface area contributed by atoms with Crippen molar-refractivity contribution in [2.75, 3.05) is 0 Å². The van der Waals surface area contributed by atoms with E-state index in [9.17, 15) is 9.18 Å². The topological polar surface area (TPSA) is 26.3 Å². The van der Waals surface area contributed by atoms with Crippen LogP contribution in [0.5, 0.6) is 0 Å². The summed E-state index contributed by atoms with van der Waals surface area (Å²) in [5.74, 6) is -0.979. The number of rotatable bonds is 2. The number of fused-ring (bicyclic) bond motifs is 3. The third-order valence-corrected chi connectivity index (χ3v) is 4.06. The molecule has 1 aliphatic rings. The number of halogens is 1. The number of esters is 1. The fourth-order valence-corrected chi connectivity index (χ4v) is 3.03. The Hall–Kier alpha value is -2.94. The molecule has 2 nitrogen and oxygen atoms in total. The van der Waals surface area contributed by atoms with E-state index in [2.05, 4.69) is 0 Å². The van der Waals surface area contributed by atoms with E-state index in [1.165, 1.54) is 18.2 Å². The van der Waals surface area contributed by atoms with Gasteiger partial charge in [0.25, 0.3) is 0 Å². The zero-order chi connectivity index (χ0) is 15.8. The fraction of sp³-hybridized carbons (Fsp3) is 0.0500. The van der Waals surface area contributed by atoms with E-state index < -0.39 is 17.9 Å². The van der Waals surface area contributed by atoms with Crippen LogP contribution in [0.3, 0.4) is 0 Å². The maximum atomic E-state index is 13.3. The number of hydrogen-bond donors (Lipinski definition) is 0. The molecular formula is C20H13FO2. The smallest absolute Gasteiger partial charge is 0.339 e. The predicted molar refractivity (Wildman–Crippen MR) is 85.5 cm³/mol. The van der Waals surface area contributed by atoms with Crippen LogP contribution in [0.4, 0.5) is 4.39 Å². The summed E-state index contributed by atoms with van der Waals surface area (Å²) < 4.78 is 19.0. The van der Waals surface area contributed by atoms with E-state index in [4.69, 9.17) is 4.74 Å². The van der Waals surface area contributed by atoms with Crippen LogP contribution in [0.2, 0.25) is 0 Å². The van der Waals surface area contributed by atoms with Gasteiger partial charge < -0.3 is 4.74 Å². The lowest BCUT2D eigenvalue weighted by atomic mass is 10.1. The SMILES string of the molecule is O=C(OC1c2ccccc2-c2ccccc21)c1cccc(F)c1. The van der Waals surface area contributed by atoms with Crippen molar-refractivity contribution in [1.82, 2.24) is 0 Å². The summed E-state index contributed by atoms with van der Waals surface area (Å²) in [7, 11) is 0. The lowest BCUT2D eigenvalue weighted by Gasteiger charge is -2.15. The summed E-state index contributed by atoms with van der Waals surface area (Å²) >= 11 is 0. The highest BCUT2D eigenvalue weighted by Crippen LogP contribution is 2.45. The molecule has 0 unspecified atom stereocenters. The first-order valence-electron chi connectivity index (χ1n) is 7.39. The van der Waals surface area contributed by atoms with E-state index in [1.54, 1.807) is 6.07 Å². The minimum Gasteiger partial charge on any atom is -0.449 e. The van der Waals surface area contributed by atoms with Gasteiger partial charge in [-0.15, -0.1) is 0 Å². The van der Waals surface area contributed by atoms with Gasteiger partial charge >= 0.3 is 5.97 Å². The molecule has 0 saturated carbocycles. The lowest BCUT2D eigenvalue weighted by Crippen LogP contribution is -2.11. The monoisotopic (exact) mass is 304 g/mol. The molecule has 0 aliphatic heterocycles. The van der Waals surface area contributed by atoms with Gasteiger partial charge in [0.15, 0.2) is 6.10 Å². The molecule has 0 fully saturated rings. The molecule has 0 saturated heterocycles. The highest BCUT2D eigenvalue weighted by Gasteiger charge is 2.31. The highest BCUT2D eigenvalue weighted by atomic mass is 19.1. The number of benzene rings is 3. The quantitative estimate of drug-likeness (QED) is 0.638. The van der Waals surface area contributed by atoms with Crippen molar-refractivity contribution < 1.29 is 13.9 Å². The molecule has 4 rings (SSSR count). The van der Waals surface area contributed by atoms with Gasteiger partial charge in [-0.3, -0.25) is 0 Å². The summed E-state index contributed by atoms with van der Waals surface area (Å²) in [4.78, 5) is 12.4. The first kappa shape index (κ1) is 13.7. The average Bonchev–Trinajstić information content (AvgIpc) is 2.90. The number of hydrogen-bond acceptors (Lipinski definition) is 2. The Labute approximate surface area is 133 Å². The third-order valence-electron chi connectivity index (χ3n) is 4.06. The number of ether oxygens (including phenoxy) is 1. The van der Waals surface area contributed by atoms with E-state index in [0.29, 0.717) is 0 Å². The zero-order valence-corrected chi connectivity index (χ0v) is 12.2. The molecule has 0 radical (unpaired) electrons. The van der Waals surface area contributed by atoms with Gasteiger partial charge in [-0.25, -0.2) is 9.18 Å². The molecular weight excluding hydrogens is 291 g/mol. The van der Waals surface area contributed by atoms with Crippen LogP contribution >= 0.6 is 0 Å². The number of carbonyl (C=O) groups excluding carboxylic acids is 1. The minimum atomic E-state index is -0.527. The average molecular weight is 304 g/mol. The molecule has 0 aromatic heterocycles. The first-order chi connectivity index (χ1) is 11.2. The van der Waals surface area contributed by atoms with E-state index >= 15 is 0 Å². The van der Waals surface area contributed by atoms with Gasteiger partial charge in [0.2, 0.25) is 0 Å². The Morgan fingerprint density at radius 1 is 0.826 bits per heavy atom. The maximum absolute atomic E-state index is 13.3. The van der Waals surface area contributed by atoms with Crippen molar-refractivity contribution in [3.05, 3.63) is 95.3 Å². The summed E-state index contributed by atoms with van der Waals surface area (Å²) in [6.07, 6.45) is -0.460. The molecule has 23 heavy (non-hydrogen) atoms. The molecule has 0 atom stereocenters. The molecule has 0 heterocycles. The van der Waals surface area contributed by atoms with Gasteiger partial charge in [0, 0.05) is 11.1 Å². The second kappa shape index (κ2) is 5.36. The molecule has 3 aromatic rings. The van der Waals surface area contributed by atoms with Crippen molar-refractivity contribution in [3.63, 3.8) is 0 Å². The minimum absolute atomic E-state index is 0.215. The van der Waals surface area contributed by atoms with E-state index in [-0.39, 0.29) is 5.56 Å². The maximum Gasteiger partial charge on any atom is 0.339 e. The second-order valence-corrected chi connectivity index (χ2v) is 5.47. The fourth-order valence-electron chi connectivity index (χ4n) is 3.03. The van der Waals surface area contributed by atoms with Gasteiger partial charge in [0.1, 0.15) is 5.82 Å². The number of carbonyl (C=O) groups is 1. The largest absolute Gasteiger partial charge is 0.449 e. The van der Waals surface area contributed by atoms with Crippen molar-refractivity contribution in [3.8, 4) is 11.1 Å². The van der Waals surface area contributed by atoms with Gasteiger partial charge in [-0.05, 0) is 29.3 Å². The van der Waals surface area contributed by atoms with Crippen LogP contribution in [0.15, 0.2) is 72.8 Å². The van der Waals surface area contributed by atoms with Crippen molar-refractivity contribution >= 4 is 5.97 Å². The zero-order valence-electron chi connectivity index (χ0n) is 12.2. The van der Waals surface area contributed by atoms with Crippen LogP contribution in [0.25, 0.3) is 11.1 Å². The standard InChI is InChI=1S/C20H13FO2/c21-14-7-5-6-13(12-14)20(22)23-19-17-10-3-1-8-15(17)16-9-2-4-11-18(16)19/h1-12,19H. The first-order valence-corrected chi connectivity index (χ1v) is 7.39. The van der Waals surface area contributed by atoms with Crippen molar-refractivity contribution in [1.29, 1.82) is 0 Å². The summed E-state index contributed by atoms with van der Waals surface area (Å²) in [6, 6.07) is 21.3. The van der Waals surface area contributed by atoms with Crippen LogP contribution in [0, 0.1) is 5.82 Å². The summed E-state index contributed by atoms with van der Waals surface area (Å²) in [5.41, 5.74) is 4.27. The Bertz CT molecular complexity index is 856. The molecule has 112 valence electrons. The molecule has 0 bridgehead atoms. The molecule has 0 spiro atoms. The van der Waals surface area contributed by atoms with Crippen LogP contribution in [0.1, 0.15) is 27.6 Å². The van der Waals surface area contributed by atoms with Crippen LogP contribution in [-0.2, 0) is 4.74 Å². The van der Waals surface area contributed by atoms with E-state index in [1.807, 2.05) is 48.5 Å². The third kappa shape index (κ3) is 2.30. The van der Waals surface area contributed by atoms with Gasteiger partial charge in [-0.2, -0.15) is 0 Å². The molecule has 0 amide bonds. The van der Waals surface area contributed by atoms with Gasteiger partial charge in [0.05, 0.1) is 5.56 Å². The summed E-state index contributed by atoms with van der Waals surface area (Å²) in [6.45, 7) is 0. The molecule has 0 N–H and O–H groups in total. The normalized spacial score (nSPS) is 12.6. The predicted octanol–water partition coefficient (Wildman–Crippen LogP) is 4.75. The lowest BCUT2D eigenvalue weighted by molar-refractivity contribution is 0.0385. The summed E-state index contributed by atoms with van der Waals surface area (Å²) in [5, 5.41) is 0. The Kier molecular flexibility index (Phi) is 3.19.